The molecule has 8 heavy (non-hydrogen) atoms. The first-order valence-corrected chi connectivity index (χ1v) is 2.00. The van der Waals surface area contributed by atoms with Gasteiger partial charge in [-0.15, -0.1) is 0 Å². The van der Waals surface area contributed by atoms with E-state index in [9.17, 15) is 5.21 Å². The van der Waals surface area contributed by atoms with E-state index in [0.717, 1.165) is 0 Å². The number of hydrogen-bond acceptors (Lipinski definition) is 2. The molecule has 0 heterocycles. The third kappa shape index (κ3) is 3.89. The number of hydrogen-bond donors (Lipinski definition) is 1. The summed E-state index contributed by atoms with van der Waals surface area (Å²) in [4.78, 5) is 0.222. The maximum Gasteiger partial charge on any atom is 0.197 e. The predicted octanol–water partition coefficient (Wildman–Crippen LogP) is 0.744. The van der Waals surface area contributed by atoms with E-state index in [1.165, 1.54) is 0 Å². The predicted molar refractivity (Wildman–Crippen MR) is 23.0 cm³/mol. The first-order valence-electron chi connectivity index (χ1n) is 2.00. The Morgan fingerprint density at radius 3 is 2.00 bits per heavy atom. The Morgan fingerprint density at radius 1 is 1.62 bits per heavy atom. The van der Waals surface area contributed by atoms with Gasteiger partial charge in [0.1, 0.15) is 0 Å². The summed E-state index contributed by atoms with van der Waals surface area (Å²) in [5, 5.41) is 20.1. The van der Waals surface area contributed by atoms with E-state index in [1.54, 1.807) is 13.8 Å². The summed E-state index contributed by atoms with van der Waals surface area (Å²) in [5.74, 6) is 0. The van der Waals surface area contributed by atoms with Crippen molar-refractivity contribution in [3.8, 4) is 0 Å². The van der Waals surface area contributed by atoms with Crippen molar-refractivity contribution in [1.29, 1.82) is 0 Å². The van der Waals surface area contributed by atoms with Crippen LogP contribution in [-0.2, 0) is 17.1 Å². The number of hydroxylamine groups is 1. The van der Waals surface area contributed by atoms with Crippen molar-refractivity contribution in [2.24, 2.45) is 5.28 Å². The average molecular weight is 168 g/mol. The zero-order valence-corrected chi connectivity index (χ0v) is 5.57. The minimum atomic E-state index is -0.273. The molecule has 0 saturated carbocycles. The third-order valence-corrected chi connectivity index (χ3v) is 0.530. The molecule has 5 heteroatoms. The maximum absolute atomic E-state index is 10.0. The molecule has 0 aromatic carbocycles. The molecule has 0 aliphatic carbocycles. The molecule has 0 amide bonds. The van der Waals surface area contributed by atoms with Gasteiger partial charge in [-0.25, -0.2) is 0 Å². The van der Waals surface area contributed by atoms with Gasteiger partial charge in [-0.2, -0.15) is 0 Å². The zero-order valence-electron chi connectivity index (χ0n) is 4.63. The SMILES string of the molecule is CC(C)[N+]([O-])=NO.[Cu]. The Labute approximate surface area is 58.2 Å². The smallest absolute Gasteiger partial charge is 0.197 e. The Bertz CT molecular complexity index is 83.4. The van der Waals surface area contributed by atoms with E-state index >= 15 is 0 Å². The maximum atomic E-state index is 10.0. The molecule has 0 unspecified atom stereocenters. The zero-order chi connectivity index (χ0) is 5.86. The summed E-state index contributed by atoms with van der Waals surface area (Å²) in [6.45, 7) is 3.26. The molecule has 0 fully saturated rings. The second kappa shape index (κ2) is 4.87. The van der Waals surface area contributed by atoms with Gasteiger partial charge in [-0.1, -0.05) is 4.86 Å². The Kier molecular flexibility index (Phi) is 6.48. The standard InChI is InChI=1S/C3H8N2O2.Cu/c1-3(2)5(7)4-6;/h3,6H,1-2H3;. The molecular formula is C3H8CuN2O2. The minimum Gasteiger partial charge on any atom is -0.597 e. The van der Waals surface area contributed by atoms with Crippen molar-refractivity contribution in [3.63, 3.8) is 0 Å². The fourth-order valence-corrected chi connectivity index (χ4v) is 0.103. The molecule has 0 aliphatic heterocycles. The largest absolute Gasteiger partial charge is 0.597 e. The number of nitrogens with zero attached hydrogens (tertiary/aromatic N) is 2. The van der Waals surface area contributed by atoms with Crippen LogP contribution in [0.5, 0.6) is 0 Å². The third-order valence-electron chi connectivity index (χ3n) is 0.530. The second-order valence-electron chi connectivity index (χ2n) is 1.49. The Balaban J connectivity index is 0. The first kappa shape index (κ1) is 10.7. The van der Waals surface area contributed by atoms with Gasteiger partial charge in [-0.05, 0) is 0 Å². The van der Waals surface area contributed by atoms with Gasteiger partial charge in [0.05, 0.1) is 0 Å². The van der Waals surface area contributed by atoms with Crippen molar-refractivity contribution < 1.29 is 27.1 Å². The van der Waals surface area contributed by atoms with Gasteiger partial charge < -0.3 is 10.4 Å². The van der Waals surface area contributed by atoms with E-state index in [0.29, 0.717) is 0 Å². The van der Waals surface area contributed by atoms with Crippen LogP contribution in [0.2, 0.25) is 0 Å². The Morgan fingerprint density at radius 2 is 2.00 bits per heavy atom. The topological polar surface area (TPSA) is 58.7 Å². The van der Waals surface area contributed by atoms with Crippen LogP contribution in [0.4, 0.5) is 0 Å². The summed E-state index contributed by atoms with van der Waals surface area (Å²) in [6.07, 6.45) is 0. The minimum absolute atomic E-state index is 0. The molecule has 1 N–H and O–H groups in total. The summed E-state index contributed by atoms with van der Waals surface area (Å²) >= 11 is 0. The summed E-state index contributed by atoms with van der Waals surface area (Å²) in [6, 6.07) is -0.273. The van der Waals surface area contributed by atoms with Crippen LogP contribution < -0.4 is 0 Å². The summed E-state index contributed by atoms with van der Waals surface area (Å²) < 4.78 is 0. The van der Waals surface area contributed by atoms with E-state index in [-0.39, 0.29) is 28.0 Å². The Hall–Kier alpha value is -0.281. The van der Waals surface area contributed by atoms with Crippen LogP contribution in [-0.4, -0.2) is 16.1 Å². The van der Waals surface area contributed by atoms with Crippen LogP contribution in [0.15, 0.2) is 5.28 Å². The van der Waals surface area contributed by atoms with Crippen LogP contribution in [0.3, 0.4) is 0 Å². The van der Waals surface area contributed by atoms with Crippen molar-refractivity contribution in [2.75, 3.05) is 0 Å². The number of rotatable bonds is 1. The van der Waals surface area contributed by atoms with Crippen molar-refractivity contribution in [2.45, 2.75) is 19.9 Å². The van der Waals surface area contributed by atoms with Crippen LogP contribution >= 0.6 is 0 Å². The van der Waals surface area contributed by atoms with E-state index in [1.807, 2.05) is 0 Å². The fraction of sp³-hybridized carbons (Fsp3) is 1.00. The molecular weight excluding hydrogens is 160 g/mol. The van der Waals surface area contributed by atoms with Crippen LogP contribution in [0.25, 0.3) is 0 Å². The van der Waals surface area contributed by atoms with Crippen LogP contribution in [0, 0.1) is 5.21 Å². The quantitative estimate of drug-likeness (QED) is 0.271. The summed E-state index contributed by atoms with van der Waals surface area (Å²) in [5.41, 5.74) is 0. The molecule has 1 radical (unpaired) electrons. The fourth-order valence-electron chi connectivity index (χ4n) is 0.103. The summed E-state index contributed by atoms with van der Waals surface area (Å²) in [7, 11) is 0. The van der Waals surface area contributed by atoms with Crippen molar-refractivity contribution in [1.82, 2.24) is 0 Å². The van der Waals surface area contributed by atoms with Gasteiger partial charge in [0.15, 0.2) is 11.3 Å². The molecule has 4 nitrogen and oxygen atoms in total. The average Bonchev–Trinajstić information content (AvgIpc) is 1.65. The van der Waals surface area contributed by atoms with E-state index < -0.39 is 0 Å². The molecule has 0 rings (SSSR count). The van der Waals surface area contributed by atoms with Crippen LogP contribution in [0.1, 0.15) is 13.8 Å². The second-order valence-corrected chi connectivity index (χ2v) is 1.49. The van der Waals surface area contributed by atoms with Crippen molar-refractivity contribution in [3.05, 3.63) is 5.21 Å². The van der Waals surface area contributed by atoms with Crippen molar-refractivity contribution >= 4 is 0 Å². The van der Waals surface area contributed by atoms with Gasteiger partial charge in [0, 0.05) is 30.9 Å². The van der Waals surface area contributed by atoms with Gasteiger partial charge >= 0.3 is 0 Å². The molecule has 0 saturated heterocycles. The van der Waals surface area contributed by atoms with Gasteiger partial charge in [0.2, 0.25) is 0 Å². The molecule has 0 bridgehead atoms. The molecule has 0 aromatic heterocycles. The molecule has 0 spiro atoms. The normalized spacial score (nSPS) is 11.1. The van der Waals surface area contributed by atoms with E-state index in [4.69, 9.17) is 5.21 Å². The van der Waals surface area contributed by atoms with E-state index in [2.05, 4.69) is 5.28 Å². The molecule has 0 atom stereocenters. The molecule has 53 valence electrons. The first-order chi connectivity index (χ1) is 3.18. The van der Waals surface area contributed by atoms with Gasteiger partial charge in [0.25, 0.3) is 0 Å². The van der Waals surface area contributed by atoms with Gasteiger partial charge in [-0.3, -0.25) is 0 Å². The molecule has 0 aliphatic rings. The monoisotopic (exact) mass is 167 g/mol. The molecule has 0 aromatic rings.